The summed E-state index contributed by atoms with van der Waals surface area (Å²) < 4.78 is 2.10. The van der Waals surface area contributed by atoms with Gasteiger partial charge in [-0.25, -0.2) is 4.68 Å². The molecule has 0 aliphatic heterocycles. The molecule has 1 N–H and O–H groups in total. The first-order valence-corrected chi connectivity index (χ1v) is 7.79. The molecule has 0 saturated heterocycles. The van der Waals surface area contributed by atoms with Crippen LogP contribution >= 0.6 is 0 Å². The van der Waals surface area contributed by atoms with E-state index in [1.54, 1.807) is 0 Å². The van der Waals surface area contributed by atoms with Crippen molar-refractivity contribution in [1.82, 2.24) is 25.5 Å². The third-order valence-corrected chi connectivity index (χ3v) is 4.31. The van der Waals surface area contributed by atoms with Crippen molar-refractivity contribution in [2.75, 3.05) is 6.54 Å². The topological polar surface area (TPSA) is 55.6 Å². The zero-order chi connectivity index (χ0) is 13.7. The Bertz CT molecular complexity index is 376. The number of hydrogen-bond acceptors (Lipinski definition) is 4. The molecular weight excluding hydrogens is 238 g/mol. The van der Waals surface area contributed by atoms with Gasteiger partial charge in [0.05, 0.1) is 12.1 Å². The molecule has 2 rings (SSSR count). The minimum absolute atomic E-state index is 0.231. The molecule has 5 heteroatoms. The van der Waals surface area contributed by atoms with Gasteiger partial charge in [0.15, 0.2) is 5.82 Å². The second-order valence-corrected chi connectivity index (χ2v) is 5.68. The lowest BCUT2D eigenvalue weighted by molar-refractivity contribution is 0.207. The van der Waals surface area contributed by atoms with E-state index in [4.69, 9.17) is 0 Å². The van der Waals surface area contributed by atoms with E-state index >= 15 is 0 Å². The molecule has 1 aliphatic carbocycles. The Hall–Kier alpha value is -0.970. The summed E-state index contributed by atoms with van der Waals surface area (Å²) in [6, 6.07) is 0.726. The fraction of sp³-hybridized carbons (Fsp3) is 0.929. The van der Waals surface area contributed by atoms with Crippen molar-refractivity contribution >= 4 is 0 Å². The van der Waals surface area contributed by atoms with Crippen molar-refractivity contribution in [3.63, 3.8) is 0 Å². The lowest BCUT2D eigenvalue weighted by atomic mass is 9.83. The molecule has 1 heterocycles. The molecule has 19 heavy (non-hydrogen) atoms. The van der Waals surface area contributed by atoms with Crippen LogP contribution in [0.25, 0.3) is 0 Å². The summed E-state index contributed by atoms with van der Waals surface area (Å²) in [7, 11) is 0. The molecule has 3 unspecified atom stereocenters. The number of nitrogens with one attached hydrogen (secondary N) is 1. The second-order valence-electron chi connectivity index (χ2n) is 5.68. The summed E-state index contributed by atoms with van der Waals surface area (Å²) in [5, 5.41) is 15.9. The predicted molar refractivity (Wildman–Crippen MR) is 75.8 cm³/mol. The normalized spacial score (nSPS) is 25.4. The van der Waals surface area contributed by atoms with Gasteiger partial charge < -0.3 is 5.32 Å². The van der Waals surface area contributed by atoms with Crippen LogP contribution in [0.1, 0.15) is 77.2 Å². The van der Waals surface area contributed by atoms with E-state index in [2.05, 4.69) is 46.3 Å². The molecule has 1 aliphatic rings. The van der Waals surface area contributed by atoms with Gasteiger partial charge in [0, 0.05) is 0 Å². The predicted octanol–water partition coefficient (Wildman–Crippen LogP) is 2.88. The highest BCUT2D eigenvalue weighted by atomic mass is 15.6. The standard InChI is InChI=1S/C14H27N5/c1-4-10-15-11(3)14-16-17-18-19(14)13-9-7-6-8-12(13)5-2/h11-13,15H,4-10H2,1-3H3. The van der Waals surface area contributed by atoms with E-state index in [0.29, 0.717) is 6.04 Å². The summed E-state index contributed by atoms with van der Waals surface area (Å²) in [6.45, 7) is 7.63. The van der Waals surface area contributed by atoms with Gasteiger partial charge in [0.1, 0.15) is 0 Å². The van der Waals surface area contributed by atoms with Crippen molar-refractivity contribution in [3.8, 4) is 0 Å². The Balaban J connectivity index is 2.13. The highest BCUT2D eigenvalue weighted by Crippen LogP contribution is 2.36. The first-order valence-electron chi connectivity index (χ1n) is 7.79. The van der Waals surface area contributed by atoms with Crippen LogP contribution in [0.5, 0.6) is 0 Å². The Labute approximate surface area is 116 Å². The second kappa shape index (κ2) is 6.98. The highest BCUT2D eigenvalue weighted by molar-refractivity contribution is 4.94. The molecule has 3 atom stereocenters. The molecular formula is C14H27N5. The Morgan fingerprint density at radius 1 is 1.32 bits per heavy atom. The molecule has 0 bridgehead atoms. The lowest BCUT2D eigenvalue weighted by Crippen LogP contribution is -2.29. The average Bonchev–Trinajstić information content (AvgIpc) is 2.94. The molecule has 108 valence electrons. The van der Waals surface area contributed by atoms with E-state index in [1.165, 1.54) is 32.1 Å². The van der Waals surface area contributed by atoms with E-state index in [9.17, 15) is 0 Å². The monoisotopic (exact) mass is 265 g/mol. The van der Waals surface area contributed by atoms with Crippen molar-refractivity contribution in [3.05, 3.63) is 5.82 Å². The van der Waals surface area contributed by atoms with E-state index in [0.717, 1.165) is 24.7 Å². The van der Waals surface area contributed by atoms with E-state index in [-0.39, 0.29) is 6.04 Å². The molecule has 1 aromatic rings. The Kier molecular flexibility index (Phi) is 5.31. The van der Waals surface area contributed by atoms with Gasteiger partial charge in [0.2, 0.25) is 0 Å². The minimum Gasteiger partial charge on any atom is -0.307 e. The summed E-state index contributed by atoms with van der Waals surface area (Å²) in [5.74, 6) is 1.73. The summed E-state index contributed by atoms with van der Waals surface area (Å²) in [4.78, 5) is 0. The van der Waals surface area contributed by atoms with E-state index < -0.39 is 0 Å². The van der Waals surface area contributed by atoms with Crippen LogP contribution in [0.2, 0.25) is 0 Å². The molecule has 0 radical (unpaired) electrons. The summed E-state index contributed by atoms with van der Waals surface area (Å²) in [5.41, 5.74) is 0. The molecule has 0 aromatic carbocycles. The quantitative estimate of drug-likeness (QED) is 0.859. The third kappa shape index (κ3) is 3.32. The first kappa shape index (κ1) is 14.4. The van der Waals surface area contributed by atoms with Gasteiger partial charge in [-0.05, 0) is 49.1 Å². The third-order valence-electron chi connectivity index (χ3n) is 4.31. The SMILES string of the molecule is CCCNC(C)c1nnnn1C1CCCCC1CC. The van der Waals surface area contributed by atoms with Gasteiger partial charge in [-0.1, -0.05) is 33.1 Å². The van der Waals surface area contributed by atoms with Crippen molar-refractivity contribution in [2.45, 2.75) is 71.4 Å². The number of nitrogens with zero attached hydrogens (tertiary/aromatic N) is 4. The zero-order valence-corrected chi connectivity index (χ0v) is 12.5. The van der Waals surface area contributed by atoms with Crippen LogP contribution in [-0.2, 0) is 0 Å². The average molecular weight is 265 g/mol. The van der Waals surface area contributed by atoms with Crippen molar-refractivity contribution in [1.29, 1.82) is 0 Å². The molecule has 0 spiro atoms. The molecule has 1 fully saturated rings. The van der Waals surface area contributed by atoms with Crippen LogP contribution in [-0.4, -0.2) is 26.8 Å². The number of rotatable bonds is 6. The maximum atomic E-state index is 4.28. The van der Waals surface area contributed by atoms with Crippen molar-refractivity contribution < 1.29 is 0 Å². The molecule has 1 saturated carbocycles. The number of hydrogen-bond donors (Lipinski definition) is 1. The largest absolute Gasteiger partial charge is 0.307 e. The summed E-state index contributed by atoms with van der Waals surface area (Å²) >= 11 is 0. The van der Waals surface area contributed by atoms with Crippen LogP contribution in [0.3, 0.4) is 0 Å². The molecule has 5 nitrogen and oxygen atoms in total. The smallest absolute Gasteiger partial charge is 0.168 e. The number of aromatic nitrogens is 4. The fourth-order valence-corrected chi connectivity index (χ4v) is 3.16. The first-order chi connectivity index (χ1) is 9.27. The van der Waals surface area contributed by atoms with Gasteiger partial charge in [0.25, 0.3) is 0 Å². The van der Waals surface area contributed by atoms with Crippen LogP contribution in [0.4, 0.5) is 0 Å². The number of tetrazole rings is 1. The Morgan fingerprint density at radius 3 is 2.84 bits per heavy atom. The highest BCUT2D eigenvalue weighted by Gasteiger charge is 2.29. The maximum absolute atomic E-state index is 4.28. The van der Waals surface area contributed by atoms with Crippen LogP contribution in [0, 0.1) is 5.92 Å². The fourth-order valence-electron chi connectivity index (χ4n) is 3.16. The molecule has 0 amide bonds. The van der Waals surface area contributed by atoms with Gasteiger partial charge >= 0.3 is 0 Å². The maximum Gasteiger partial charge on any atom is 0.168 e. The van der Waals surface area contributed by atoms with Crippen molar-refractivity contribution in [2.24, 2.45) is 5.92 Å². The lowest BCUT2D eigenvalue weighted by Gasteiger charge is -2.31. The van der Waals surface area contributed by atoms with Gasteiger partial charge in [-0.3, -0.25) is 0 Å². The molecule has 1 aromatic heterocycles. The van der Waals surface area contributed by atoms with Crippen LogP contribution < -0.4 is 5.32 Å². The van der Waals surface area contributed by atoms with E-state index in [1.807, 2.05) is 0 Å². The zero-order valence-electron chi connectivity index (χ0n) is 12.5. The Morgan fingerprint density at radius 2 is 2.11 bits per heavy atom. The van der Waals surface area contributed by atoms with Crippen LogP contribution in [0.15, 0.2) is 0 Å². The minimum atomic E-state index is 0.231. The summed E-state index contributed by atoms with van der Waals surface area (Å²) in [6.07, 6.45) is 7.55. The van der Waals surface area contributed by atoms with Gasteiger partial charge in [-0.15, -0.1) is 5.10 Å². The van der Waals surface area contributed by atoms with Gasteiger partial charge in [-0.2, -0.15) is 0 Å².